The number of hydrogen-bond acceptors (Lipinski definition) is 1. The molecule has 0 aromatic rings. The summed E-state index contributed by atoms with van der Waals surface area (Å²) >= 11 is 0. The van der Waals surface area contributed by atoms with Crippen molar-refractivity contribution in [2.45, 2.75) is 26.7 Å². The van der Waals surface area contributed by atoms with Gasteiger partial charge in [-0.05, 0) is 18.9 Å². The molecule has 2 nitrogen and oxygen atoms in total. The summed E-state index contributed by atoms with van der Waals surface area (Å²) in [6.07, 6.45) is 6.33. The molecule has 0 heterocycles. The Labute approximate surface area is 69.4 Å². The molecular formula is C9H18N2. The lowest BCUT2D eigenvalue weighted by Crippen LogP contribution is -2.21. The van der Waals surface area contributed by atoms with E-state index in [1.54, 1.807) is 7.05 Å². The minimum atomic E-state index is 0.980. The number of allylic oxidation sites excluding steroid dienone is 1. The van der Waals surface area contributed by atoms with Crippen molar-refractivity contribution in [3.63, 3.8) is 0 Å². The van der Waals surface area contributed by atoms with E-state index in [1.165, 1.54) is 0 Å². The molecule has 0 spiro atoms. The second kappa shape index (κ2) is 7.32. The van der Waals surface area contributed by atoms with E-state index in [0.29, 0.717) is 0 Å². The summed E-state index contributed by atoms with van der Waals surface area (Å²) in [6, 6.07) is 0. The van der Waals surface area contributed by atoms with Crippen molar-refractivity contribution < 1.29 is 0 Å². The Morgan fingerprint density at radius 3 is 2.64 bits per heavy atom. The van der Waals surface area contributed by atoms with Gasteiger partial charge in [-0.2, -0.15) is 0 Å². The molecule has 0 aliphatic carbocycles. The molecule has 0 aliphatic heterocycles. The molecule has 0 amide bonds. The van der Waals surface area contributed by atoms with Gasteiger partial charge >= 0.3 is 0 Å². The van der Waals surface area contributed by atoms with Crippen LogP contribution in [0.4, 0.5) is 0 Å². The van der Waals surface area contributed by atoms with Crippen LogP contribution in [0.5, 0.6) is 0 Å². The topological polar surface area (TPSA) is 24.4 Å². The van der Waals surface area contributed by atoms with Gasteiger partial charge in [0.25, 0.3) is 0 Å². The highest BCUT2D eigenvalue weighted by Crippen LogP contribution is 1.82. The van der Waals surface area contributed by atoms with E-state index >= 15 is 0 Å². The van der Waals surface area contributed by atoms with Crippen molar-refractivity contribution in [3.8, 4) is 0 Å². The summed E-state index contributed by atoms with van der Waals surface area (Å²) in [5.41, 5.74) is 0. The highest BCUT2D eigenvalue weighted by Gasteiger charge is 1.87. The molecule has 0 saturated heterocycles. The molecule has 64 valence electrons. The normalized spacial score (nSPS) is 12.5. The Balaban J connectivity index is 3.68. The van der Waals surface area contributed by atoms with Crippen molar-refractivity contribution in [1.82, 2.24) is 5.32 Å². The van der Waals surface area contributed by atoms with Crippen molar-refractivity contribution in [2.75, 3.05) is 13.6 Å². The van der Waals surface area contributed by atoms with Crippen LogP contribution in [0.25, 0.3) is 0 Å². The van der Waals surface area contributed by atoms with Gasteiger partial charge in [0, 0.05) is 13.6 Å². The van der Waals surface area contributed by atoms with Crippen LogP contribution in [0, 0.1) is 0 Å². The molecular weight excluding hydrogens is 136 g/mol. The van der Waals surface area contributed by atoms with Gasteiger partial charge in [-0.15, -0.1) is 0 Å². The third-order valence-electron chi connectivity index (χ3n) is 1.31. The first kappa shape index (κ1) is 10.2. The molecule has 0 aromatic carbocycles. The van der Waals surface area contributed by atoms with E-state index in [-0.39, 0.29) is 0 Å². The Hall–Kier alpha value is -0.790. The Bertz CT molecular complexity index is 136. The monoisotopic (exact) mass is 154 g/mol. The van der Waals surface area contributed by atoms with Crippen molar-refractivity contribution in [2.24, 2.45) is 4.99 Å². The smallest absolute Gasteiger partial charge is 0.120 e. The third-order valence-corrected chi connectivity index (χ3v) is 1.31. The van der Waals surface area contributed by atoms with E-state index < -0.39 is 0 Å². The summed E-state index contributed by atoms with van der Waals surface area (Å²) in [4.78, 5) is 4.08. The highest BCUT2D eigenvalue weighted by atomic mass is 15.0. The molecule has 2 heteroatoms. The van der Waals surface area contributed by atoms with Crippen LogP contribution in [0.2, 0.25) is 0 Å². The molecule has 0 bridgehead atoms. The van der Waals surface area contributed by atoms with Gasteiger partial charge in [0.05, 0.1) is 0 Å². The number of nitrogens with one attached hydrogen (secondary N) is 1. The van der Waals surface area contributed by atoms with Gasteiger partial charge in [-0.25, -0.2) is 0 Å². The quantitative estimate of drug-likeness (QED) is 0.486. The molecule has 0 radical (unpaired) electrons. The zero-order valence-electron chi connectivity index (χ0n) is 7.72. The van der Waals surface area contributed by atoms with Gasteiger partial charge in [-0.1, -0.05) is 19.9 Å². The van der Waals surface area contributed by atoms with Gasteiger partial charge in [0.1, 0.15) is 5.84 Å². The van der Waals surface area contributed by atoms with E-state index in [1.807, 2.05) is 6.08 Å². The maximum atomic E-state index is 4.08. The Kier molecular flexibility index (Phi) is 6.79. The maximum Gasteiger partial charge on any atom is 0.120 e. The van der Waals surface area contributed by atoms with Crippen LogP contribution >= 0.6 is 0 Å². The molecule has 0 aromatic heterocycles. The first-order chi connectivity index (χ1) is 5.35. The molecule has 0 atom stereocenters. The highest BCUT2D eigenvalue weighted by molar-refractivity contribution is 5.92. The van der Waals surface area contributed by atoms with Crippen LogP contribution in [0.3, 0.4) is 0 Å². The molecule has 0 unspecified atom stereocenters. The average Bonchev–Trinajstić information content (AvgIpc) is 2.05. The summed E-state index contributed by atoms with van der Waals surface area (Å²) in [7, 11) is 1.80. The van der Waals surface area contributed by atoms with Crippen LogP contribution in [0.1, 0.15) is 26.7 Å². The molecule has 0 fully saturated rings. The summed E-state index contributed by atoms with van der Waals surface area (Å²) in [5, 5.41) is 3.22. The number of rotatable bonds is 4. The number of amidine groups is 1. The molecule has 11 heavy (non-hydrogen) atoms. The predicted molar refractivity (Wildman–Crippen MR) is 51.1 cm³/mol. The van der Waals surface area contributed by atoms with Crippen LogP contribution < -0.4 is 5.32 Å². The van der Waals surface area contributed by atoms with Crippen LogP contribution in [-0.4, -0.2) is 19.4 Å². The minimum absolute atomic E-state index is 0.980. The number of hydrogen-bond donors (Lipinski definition) is 1. The standard InChI is InChI=1S/C9H18N2/c1-4-6-7-9(10-3)11-8-5-2/h6-7H,4-5,8H2,1-3H3,(H,10,11)/b7-6-. The van der Waals surface area contributed by atoms with Gasteiger partial charge < -0.3 is 5.32 Å². The second-order valence-electron chi connectivity index (χ2n) is 2.35. The SMILES string of the molecule is CC/C=C\C(=NC)NCCC. The van der Waals surface area contributed by atoms with Gasteiger partial charge in [0.2, 0.25) is 0 Å². The second-order valence-corrected chi connectivity index (χ2v) is 2.35. The summed E-state index contributed by atoms with van der Waals surface area (Å²) < 4.78 is 0. The summed E-state index contributed by atoms with van der Waals surface area (Å²) in [6.45, 7) is 5.26. The van der Waals surface area contributed by atoms with Crippen LogP contribution in [-0.2, 0) is 0 Å². The first-order valence-corrected chi connectivity index (χ1v) is 4.22. The minimum Gasteiger partial charge on any atom is -0.370 e. The fourth-order valence-corrected chi connectivity index (χ4v) is 0.695. The first-order valence-electron chi connectivity index (χ1n) is 4.22. The van der Waals surface area contributed by atoms with Crippen LogP contribution in [0.15, 0.2) is 17.1 Å². The van der Waals surface area contributed by atoms with Crippen molar-refractivity contribution >= 4 is 5.84 Å². The Morgan fingerprint density at radius 2 is 2.18 bits per heavy atom. The average molecular weight is 154 g/mol. The van der Waals surface area contributed by atoms with Gasteiger partial charge in [0.15, 0.2) is 0 Å². The van der Waals surface area contributed by atoms with E-state index in [9.17, 15) is 0 Å². The number of aliphatic imine (C=N–C) groups is 1. The third kappa shape index (κ3) is 5.64. The van der Waals surface area contributed by atoms with Crippen molar-refractivity contribution in [1.29, 1.82) is 0 Å². The number of nitrogens with zero attached hydrogens (tertiary/aromatic N) is 1. The lowest BCUT2D eigenvalue weighted by atomic mass is 10.4. The summed E-state index contributed by atoms with van der Waals surface area (Å²) in [5.74, 6) is 0.980. The largest absolute Gasteiger partial charge is 0.370 e. The Morgan fingerprint density at radius 1 is 1.45 bits per heavy atom. The van der Waals surface area contributed by atoms with E-state index in [0.717, 1.165) is 25.2 Å². The molecule has 1 N–H and O–H groups in total. The van der Waals surface area contributed by atoms with Crippen molar-refractivity contribution in [3.05, 3.63) is 12.2 Å². The lowest BCUT2D eigenvalue weighted by molar-refractivity contribution is 0.840. The zero-order valence-corrected chi connectivity index (χ0v) is 7.72. The molecule has 0 rings (SSSR count). The molecule has 0 aliphatic rings. The van der Waals surface area contributed by atoms with E-state index in [2.05, 4.69) is 30.2 Å². The fourth-order valence-electron chi connectivity index (χ4n) is 0.695. The predicted octanol–water partition coefficient (Wildman–Crippen LogP) is 1.98. The maximum absolute atomic E-state index is 4.08. The fraction of sp³-hybridized carbons (Fsp3) is 0.667. The zero-order chi connectivity index (χ0) is 8.53. The molecule has 0 saturated carbocycles. The van der Waals surface area contributed by atoms with E-state index in [4.69, 9.17) is 0 Å². The van der Waals surface area contributed by atoms with Gasteiger partial charge in [-0.3, -0.25) is 4.99 Å². The lowest BCUT2D eigenvalue weighted by Gasteiger charge is -2.01.